The van der Waals surface area contributed by atoms with Crippen molar-refractivity contribution in [2.24, 2.45) is 0 Å². The Balaban J connectivity index is 1.29. The molecule has 0 spiro atoms. The van der Waals surface area contributed by atoms with E-state index >= 15 is 0 Å². The van der Waals surface area contributed by atoms with Gasteiger partial charge in [-0.05, 0) is 48.9 Å². The predicted molar refractivity (Wildman–Crippen MR) is 128 cm³/mol. The van der Waals surface area contributed by atoms with Crippen LogP contribution in [-0.4, -0.2) is 30.2 Å². The summed E-state index contributed by atoms with van der Waals surface area (Å²) in [5, 5.41) is 7.23. The van der Waals surface area contributed by atoms with Gasteiger partial charge in [-0.15, -0.1) is 0 Å². The summed E-state index contributed by atoms with van der Waals surface area (Å²) in [7, 11) is 0. The van der Waals surface area contributed by atoms with Crippen LogP contribution in [0.4, 0.5) is 0 Å². The Morgan fingerprint density at radius 2 is 1.76 bits per heavy atom. The summed E-state index contributed by atoms with van der Waals surface area (Å²) in [6.45, 7) is 2.38. The molecule has 0 fully saturated rings. The molecule has 5 rings (SSSR count). The van der Waals surface area contributed by atoms with Crippen molar-refractivity contribution >= 4 is 16.9 Å². The topological polar surface area (TPSA) is 86.9 Å². The molecule has 2 heterocycles. The molecule has 170 valence electrons. The average molecular weight is 453 g/mol. The fraction of sp³-hybridized carbons (Fsp3) is 0.154. The Hall–Kier alpha value is -4.46. The van der Waals surface area contributed by atoms with E-state index < -0.39 is 0 Å². The third-order valence-electron chi connectivity index (χ3n) is 5.60. The third kappa shape index (κ3) is 4.66. The molecule has 8 heteroatoms. The molecule has 0 saturated carbocycles. The molecule has 0 radical (unpaired) electrons. The number of amides is 1. The zero-order valence-corrected chi connectivity index (χ0v) is 18.7. The fourth-order valence-corrected chi connectivity index (χ4v) is 3.85. The molecule has 1 amide bonds. The van der Waals surface area contributed by atoms with Gasteiger partial charge >= 0.3 is 0 Å². The van der Waals surface area contributed by atoms with Gasteiger partial charge < -0.3 is 14.6 Å². The summed E-state index contributed by atoms with van der Waals surface area (Å²) in [6, 6.07) is 25.1. The van der Waals surface area contributed by atoms with Gasteiger partial charge in [0.1, 0.15) is 37.4 Å². The molecule has 1 N–H and O–H groups in total. The van der Waals surface area contributed by atoms with Crippen molar-refractivity contribution in [2.75, 3.05) is 0 Å². The van der Waals surface area contributed by atoms with Crippen molar-refractivity contribution in [3.63, 3.8) is 0 Å². The monoisotopic (exact) mass is 452 g/mol. The molecule has 1 unspecified atom stereocenters. The van der Waals surface area contributed by atoms with Crippen molar-refractivity contribution in [2.45, 2.75) is 26.1 Å². The lowest BCUT2D eigenvalue weighted by Crippen LogP contribution is -2.30. The molecular formula is C26H24N6O2. The van der Waals surface area contributed by atoms with Gasteiger partial charge in [0, 0.05) is 0 Å². The number of hydrogen-bond donors (Lipinski definition) is 1. The highest BCUT2D eigenvalue weighted by Crippen LogP contribution is 2.19. The first kappa shape index (κ1) is 21.4. The van der Waals surface area contributed by atoms with Crippen LogP contribution in [0.3, 0.4) is 0 Å². The Morgan fingerprint density at radius 1 is 1.00 bits per heavy atom. The van der Waals surface area contributed by atoms with E-state index in [1.807, 2.05) is 90.4 Å². The zero-order valence-electron chi connectivity index (χ0n) is 18.7. The maximum atomic E-state index is 13.0. The van der Waals surface area contributed by atoms with E-state index in [0.29, 0.717) is 5.82 Å². The molecule has 0 bridgehead atoms. The number of nitrogens with one attached hydrogen (secondary N) is 1. The van der Waals surface area contributed by atoms with Gasteiger partial charge in [0.05, 0.1) is 22.8 Å². The van der Waals surface area contributed by atoms with E-state index in [-0.39, 0.29) is 25.1 Å². The quantitative estimate of drug-likeness (QED) is 0.383. The van der Waals surface area contributed by atoms with Gasteiger partial charge in [0.2, 0.25) is 5.91 Å². The SMILES string of the molecule is CC(NC(=O)Cn1c(COc2ccccc2)nc2ccccc21)c1ccc(-n2cncn2)cc1. The summed E-state index contributed by atoms with van der Waals surface area (Å²) in [4.78, 5) is 21.7. The maximum Gasteiger partial charge on any atom is 0.240 e. The zero-order chi connectivity index (χ0) is 23.3. The largest absolute Gasteiger partial charge is 0.486 e. The minimum absolute atomic E-state index is 0.100. The summed E-state index contributed by atoms with van der Waals surface area (Å²) in [5.41, 5.74) is 3.64. The number of fused-ring (bicyclic) bond motifs is 1. The predicted octanol–water partition coefficient (Wildman–Crippen LogP) is 4.07. The molecule has 1 atom stereocenters. The van der Waals surface area contributed by atoms with Gasteiger partial charge in [-0.2, -0.15) is 5.10 Å². The van der Waals surface area contributed by atoms with Crippen LogP contribution >= 0.6 is 0 Å². The van der Waals surface area contributed by atoms with Crippen LogP contribution in [0, 0.1) is 0 Å². The van der Waals surface area contributed by atoms with Gasteiger partial charge in [-0.25, -0.2) is 14.6 Å². The number of hydrogen-bond acceptors (Lipinski definition) is 5. The first-order chi connectivity index (χ1) is 16.7. The number of imidazole rings is 1. The molecule has 8 nitrogen and oxygen atoms in total. The normalized spacial score (nSPS) is 11.9. The van der Waals surface area contributed by atoms with Gasteiger partial charge in [0.15, 0.2) is 0 Å². The lowest BCUT2D eigenvalue weighted by molar-refractivity contribution is -0.122. The second-order valence-electron chi connectivity index (χ2n) is 7.93. The van der Waals surface area contributed by atoms with Crippen molar-refractivity contribution in [3.05, 3.63) is 103 Å². The van der Waals surface area contributed by atoms with Crippen molar-refractivity contribution in [1.82, 2.24) is 29.6 Å². The highest BCUT2D eigenvalue weighted by Gasteiger charge is 2.16. The van der Waals surface area contributed by atoms with Gasteiger partial charge in [0.25, 0.3) is 0 Å². The maximum absolute atomic E-state index is 13.0. The third-order valence-corrected chi connectivity index (χ3v) is 5.60. The summed E-state index contributed by atoms with van der Waals surface area (Å²) < 4.78 is 9.51. The standard InChI is InChI=1S/C26H24N6O2/c1-19(20-11-13-21(14-12-20)32-18-27-17-28-32)29-26(33)15-31-24-10-6-5-9-23(24)30-25(31)16-34-22-7-3-2-4-8-22/h2-14,17-19H,15-16H2,1H3,(H,29,33). The van der Waals surface area contributed by atoms with Crippen molar-refractivity contribution in [1.29, 1.82) is 0 Å². The van der Waals surface area contributed by atoms with E-state index in [0.717, 1.165) is 28.0 Å². The molecule has 0 aliphatic rings. The summed E-state index contributed by atoms with van der Waals surface area (Å²) in [6.07, 6.45) is 3.14. The molecule has 2 aromatic heterocycles. The molecule has 0 aliphatic carbocycles. The first-order valence-electron chi connectivity index (χ1n) is 11.0. The fourth-order valence-electron chi connectivity index (χ4n) is 3.85. The van der Waals surface area contributed by atoms with Crippen LogP contribution < -0.4 is 10.1 Å². The van der Waals surface area contributed by atoms with Crippen LogP contribution in [-0.2, 0) is 17.9 Å². The second kappa shape index (κ2) is 9.58. The van der Waals surface area contributed by atoms with Crippen molar-refractivity contribution < 1.29 is 9.53 Å². The van der Waals surface area contributed by atoms with Crippen LogP contribution in [0.25, 0.3) is 16.7 Å². The Labute approximate surface area is 196 Å². The highest BCUT2D eigenvalue weighted by molar-refractivity contribution is 5.81. The minimum atomic E-state index is -0.156. The van der Waals surface area contributed by atoms with Crippen LogP contribution in [0.5, 0.6) is 5.75 Å². The number of nitrogens with zero attached hydrogens (tertiary/aromatic N) is 5. The Kier molecular flexibility index (Phi) is 6.03. The van der Waals surface area contributed by atoms with Crippen LogP contribution in [0.15, 0.2) is 91.5 Å². The van der Waals surface area contributed by atoms with E-state index in [9.17, 15) is 4.79 Å². The van der Waals surface area contributed by atoms with Gasteiger partial charge in [-0.1, -0.05) is 42.5 Å². The first-order valence-corrected chi connectivity index (χ1v) is 11.0. The number of aromatic nitrogens is 5. The number of rotatable bonds is 8. The smallest absolute Gasteiger partial charge is 0.240 e. The summed E-state index contributed by atoms with van der Waals surface area (Å²) >= 11 is 0. The van der Waals surface area contributed by atoms with Gasteiger partial charge in [-0.3, -0.25) is 4.79 Å². The highest BCUT2D eigenvalue weighted by atomic mass is 16.5. The van der Waals surface area contributed by atoms with Crippen LogP contribution in [0.2, 0.25) is 0 Å². The average Bonchev–Trinajstić information content (AvgIpc) is 3.52. The van der Waals surface area contributed by atoms with Crippen molar-refractivity contribution in [3.8, 4) is 11.4 Å². The Bertz CT molecular complexity index is 1380. The lowest BCUT2D eigenvalue weighted by Gasteiger charge is -2.16. The number of carbonyl (C=O) groups excluding carboxylic acids is 1. The second-order valence-corrected chi connectivity index (χ2v) is 7.93. The number of benzene rings is 3. The minimum Gasteiger partial charge on any atom is -0.486 e. The molecule has 0 saturated heterocycles. The number of para-hydroxylation sites is 3. The number of ether oxygens (including phenoxy) is 1. The van der Waals surface area contributed by atoms with E-state index in [2.05, 4.69) is 15.4 Å². The molecule has 0 aliphatic heterocycles. The lowest BCUT2D eigenvalue weighted by atomic mass is 10.1. The molecule has 3 aromatic carbocycles. The Morgan fingerprint density at radius 3 is 2.53 bits per heavy atom. The molecular weight excluding hydrogens is 428 g/mol. The van der Waals surface area contributed by atoms with E-state index in [4.69, 9.17) is 9.72 Å². The molecule has 34 heavy (non-hydrogen) atoms. The van der Waals surface area contributed by atoms with E-state index in [1.54, 1.807) is 11.0 Å². The summed E-state index contributed by atoms with van der Waals surface area (Å²) in [5.74, 6) is 1.36. The van der Waals surface area contributed by atoms with Crippen LogP contribution in [0.1, 0.15) is 24.4 Å². The number of carbonyl (C=O) groups is 1. The molecule has 5 aromatic rings. The van der Waals surface area contributed by atoms with E-state index in [1.165, 1.54) is 6.33 Å².